The van der Waals surface area contributed by atoms with Gasteiger partial charge in [0.25, 0.3) is 0 Å². The maximum atomic E-state index is 6.25. The first kappa shape index (κ1) is 11.4. The Bertz CT molecular complexity index is 441. The average Bonchev–Trinajstić information content (AvgIpc) is 2.78. The Kier molecular flexibility index (Phi) is 2.83. The van der Waals surface area contributed by atoms with Gasteiger partial charge in [0, 0.05) is 17.9 Å². The second-order valence-electron chi connectivity index (χ2n) is 5.15. The van der Waals surface area contributed by atoms with Crippen molar-refractivity contribution in [1.82, 2.24) is 9.97 Å². The largest absolute Gasteiger partial charge is 0.367 e. The fraction of sp³-hybridized carbons (Fsp3) is 0.692. The van der Waals surface area contributed by atoms with Crippen molar-refractivity contribution in [3.8, 4) is 0 Å². The van der Waals surface area contributed by atoms with Gasteiger partial charge in [0.2, 0.25) is 0 Å². The average molecular weight is 253 g/mol. The molecule has 1 unspecified atom stereocenters. The lowest BCUT2D eigenvalue weighted by molar-refractivity contribution is -0.0761. The minimum atomic E-state index is -0.334. The molecule has 0 saturated carbocycles. The monoisotopic (exact) mass is 252 g/mol. The summed E-state index contributed by atoms with van der Waals surface area (Å²) in [6.07, 6.45) is 6.49. The number of halogens is 1. The molecule has 0 aromatic carbocycles. The van der Waals surface area contributed by atoms with Crippen molar-refractivity contribution in [2.75, 3.05) is 6.61 Å². The fourth-order valence-electron chi connectivity index (χ4n) is 2.73. The van der Waals surface area contributed by atoms with Gasteiger partial charge in [-0.25, -0.2) is 9.97 Å². The van der Waals surface area contributed by atoms with Gasteiger partial charge in [-0.15, -0.1) is 0 Å². The van der Waals surface area contributed by atoms with Gasteiger partial charge in [-0.3, -0.25) is 0 Å². The molecule has 92 valence electrons. The third-order valence-corrected chi connectivity index (χ3v) is 4.14. The minimum Gasteiger partial charge on any atom is -0.367 e. The maximum absolute atomic E-state index is 6.25. The van der Waals surface area contributed by atoms with Crippen LogP contribution in [0.4, 0.5) is 0 Å². The van der Waals surface area contributed by atoms with Crippen molar-refractivity contribution >= 4 is 11.6 Å². The number of aromatic nitrogens is 2. The van der Waals surface area contributed by atoms with Crippen molar-refractivity contribution in [3.63, 3.8) is 0 Å². The molecule has 4 heteroatoms. The summed E-state index contributed by atoms with van der Waals surface area (Å²) in [6.45, 7) is 2.88. The Labute approximate surface area is 107 Å². The predicted molar refractivity (Wildman–Crippen MR) is 66.2 cm³/mol. The molecule has 2 heterocycles. The highest BCUT2D eigenvalue weighted by Crippen LogP contribution is 2.35. The van der Waals surface area contributed by atoms with E-state index in [1.807, 2.05) is 0 Å². The highest BCUT2D eigenvalue weighted by atomic mass is 35.5. The van der Waals surface area contributed by atoms with Crippen LogP contribution in [0.5, 0.6) is 0 Å². The summed E-state index contributed by atoms with van der Waals surface area (Å²) < 4.78 is 5.88. The fourth-order valence-corrected chi connectivity index (χ4v) is 3.02. The molecule has 0 radical (unpaired) electrons. The second kappa shape index (κ2) is 4.21. The Morgan fingerprint density at radius 3 is 2.82 bits per heavy atom. The molecule has 0 amide bonds. The number of nitrogens with zero attached hydrogens (tertiary/aromatic N) is 2. The van der Waals surface area contributed by atoms with Gasteiger partial charge in [-0.2, -0.15) is 0 Å². The van der Waals surface area contributed by atoms with Crippen molar-refractivity contribution in [3.05, 3.63) is 22.2 Å². The zero-order valence-electron chi connectivity index (χ0n) is 10.1. The first-order chi connectivity index (χ1) is 8.19. The van der Waals surface area contributed by atoms with Crippen molar-refractivity contribution in [2.45, 2.75) is 51.0 Å². The molecule has 1 atom stereocenters. The summed E-state index contributed by atoms with van der Waals surface area (Å²) in [6, 6.07) is 0. The van der Waals surface area contributed by atoms with E-state index in [4.69, 9.17) is 16.3 Å². The van der Waals surface area contributed by atoms with E-state index >= 15 is 0 Å². The molecule has 0 N–H and O–H groups in total. The smallest absolute Gasteiger partial charge is 0.161 e. The van der Waals surface area contributed by atoms with Crippen LogP contribution in [0.2, 0.25) is 5.15 Å². The molecule has 1 aromatic heterocycles. The van der Waals surface area contributed by atoms with Crippen LogP contribution in [0.1, 0.15) is 49.7 Å². The van der Waals surface area contributed by atoms with Gasteiger partial charge >= 0.3 is 0 Å². The Morgan fingerprint density at radius 2 is 2.06 bits per heavy atom. The molecule has 1 aromatic rings. The molecule has 2 aliphatic rings. The lowest BCUT2D eigenvalue weighted by atomic mass is 9.95. The van der Waals surface area contributed by atoms with E-state index in [-0.39, 0.29) is 5.60 Å². The molecule has 3 rings (SSSR count). The van der Waals surface area contributed by atoms with E-state index in [1.54, 1.807) is 0 Å². The number of ether oxygens (including phenoxy) is 1. The predicted octanol–water partition coefficient (Wildman–Crippen LogP) is 3.03. The normalized spacial score (nSPS) is 28.1. The van der Waals surface area contributed by atoms with Crippen molar-refractivity contribution < 1.29 is 4.74 Å². The molecule has 17 heavy (non-hydrogen) atoms. The summed E-state index contributed by atoms with van der Waals surface area (Å²) in [7, 11) is 0. The van der Waals surface area contributed by atoms with E-state index in [0.717, 1.165) is 55.8 Å². The van der Waals surface area contributed by atoms with Crippen LogP contribution in [0.3, 0.4) is 0 Å². The van der Waals surface area contributed by atoms with Crippen molar-refractivity contribution in [1.29, 1.82) is 0 Å². The van der Waals surface area contributed by atoms with E-state index in [0.29, 0.717) is 5.15 Å². The Balaban J connectivity index is 2.00. The van der Waals surface area contributed by atoms with Gasteiger partial charge in [0.05, 0.1) is 0 Å². The summed E-state index contributed by atoms with van der Waals surface area (Å²) in [5.41, 5.74) is 1.95. The van der Waals surface area contributed by atoms with Crippen LogP contribution in [0.25, 0.3) is 0 Å². The second-order valence-corrected chi connectivity index (χ2v) is 5.51. The summed E-state index contributed by atoms with van der Waals surface area (Å²) in [5, 5.41) is 0.637. The zero-order chi connectivity index (χ0) is 11.9. The number of aryl methyl sites for hydroxylation is 1. The molecular formula is C13H17ClN2O. The van der Waals surface area contributed by atoms with Gasteiger partial charge < -0.3 is 4.74 Å². The number of rotatable bonds is 1. The zero-order valence-corrected chi connectivity index (χ0v) is 10.9. The molecule has 1 aliphatic heterocycles. The van der Waals surface area contributed by atoms with Crippen LogP contribution in [-0.4, -0.2) is 16.6 Å². The number of hydrogen-bond donors (Lipinski definition) is 0. The topological polar surface area (TPSA) is 35.0 Å². The van der Waals surface area contributed by atoms with Crippen molar-refractivity contribution in [2.24, 2.45) is 0 Å². The SMILES string of the molecule is CC1(c2nc(Cl)c3c(n2)CCC3)CCCCO1. The third kappa shape index (κ3) is 1.95. The maximum Gasteiger partial charge on any atom is 0.161 e. The van der Waals surface area contributed by atoms with Crippen LogP contribution in [0.15, 0.2) is 0 Å². The number of fused-ring (bicyclic) bond motifs is 1. The van der Waals surface area contributed by atoms with E-state index in [9.17, 15) is 0 Å². The van der Waals surface area contributed by atoms with Crippen LogP contribution < -0.4 is 0 Å². The lowest BCUT2D eigenvalue weighted by Crippen LogP contribution is -2.32. The third-order valence-electron chi connectivity index (χ3n) is 3.82. The summed E-state index contributed by atoms with van der Waals surface area (Å²) >= 11 is 6.25. The quantitative estimate of drug-likeness (QED) is 0.721. The van der Waals surface area contributed by atoms with Crippen LogP contribution in [0, 0.1) is 0 Å². The molecule has 1 aliphatic carbocycles. The molecule has 1 saturated heterocycles. The molecule has 0 spiro atoms. The summed E-state index contributed by atoms with van der Waals surface area (Å²) in [4.78, 5) is 9.16. The molecule has 0 bridgehead atoms. The molecular weight excluding hydrogens is 236 g/mol. The van der Waals surface area contributed by atoms with Gasteiger partial charge in [0.1, 0.15) is 10.8 Å². The van der Waals surface area contributed by atoms with E-state index in [1.165, 1.54) is 6.42 Å². The minimum absolute atomic E-state index is 0.334. The van der Waals surface area contributed by atoms with E-state index in [2.05, 4.69) is 16.9 Å². The van der Waals surface area contributed by atoms with Crippen LogP contribution in [-0.2, 0) is 23.2 Å². The molecule has 1 fully saturated rings. The van der Waals surface area contributed by atoms with E-state index < -0.39 is 0 Å². The first-order valence-electron chi connectivity index (χ1n) is 6.39. The van der Waals surface area contributed by atoms with Crippen LogP contribution >= 0.6 is 11.6 Å². The molecule has 3 nitrogen and oxygen atoms in total. The summed E-state index contributed by atoms with van der Waals surface area (Å²) in [5.74, 6) is 0.780. The van der Waals surface area contributed by atoms with Gasteiger partial charge in [-0.1, -0.05) is 11.6 Å². The first-order valence-corrected chi connectivity index (χ1v) is 6.76. The standard InChI is InChI=1S/C13H17ClN2O/c1-13(7-2-3-8-17-13)12-15-10-6-4-5-9(10)11(14)16-12/h2-8H2,1H3. The van der Waals surface area contributed by atoms with Gasteiger partial charge in [0.15, 0.2) is 5.82 Å². The highest BCUT2D eigenvalue weighted by molar-refractivity contribution is 6.30. The Hall–Kier alpha value is -0.670. The Morgan fingerprint density at radius 1 is 1.18 bits per heavy atom. The lowest BCUT2D eigenvalue weighted by Gasteiger charge is -2.32. The number of hydrogen-bond acceptors (Lipinski definition) is 3. The highest BCUT2D eigenvalue weighted by Gasteiger charge is 2.34. The van der Waals surface area contributed by atoms with Gasteiger partial charge in [-0.05, 0) is 45.4 Å².